The number of hydrogen-bond donors (Lipinski definition) is 1. The number of rotatable bonds is 3. The van der Waals surface area contributed by atoms with Crippen LogP contribution in [0.2, 0.25) is 5.02 Å². The standard InChI is InChI=1S/C13H11ClN2O3/c1-7(17)9-6-11(15-16-13(9)18)8-3-4-12(19-2)10(14)5-8/h3-6H,1-2H3,(H,16,18). The molecule has 0 aliphatic heterocycles. The number of nitrogens with one attached hydrogen (secondary N) is 1. The fourth-order valence-electron chi connectivity index (χ4n) is 1.64. The molecule has 1 aromatic heterocycles. The first-order valence-electron chi connectivity index (χ1n) is 5.47. The van der Waals surface area contributed by atoms with Crippen molar-refractivity contribution in [3.05, 3.63) is 45.2 Å². The Labute approximate surface area is 114 Å². The molecule has 0 saturated heterocycles. The fraction of sp³-hybridized carbons (Fsp3) is 0.154. The molecule has 0 fully saturated rings. The van der Waals surface area contributed by atoms with Crippen LogP contribution in [0.3, 0.4) is 0 Å². The monoisotopic (exact) mass is 278 g/mol. The topological polar surface area (TPSA) is 72.1 Å². The largest absolute Gasteiger partial charge is 0.495 e. The first-order valence-corrected chi connectivity index (χ1v) is 5.85. The van der Waals surface area contributed by atoms with Crippen molar-refractivity contribution in [2.24, 2.45) is 0 Å². The molecule has 1 N–H and O–H groups in total. The number of hydrogen-bond acceptors (Lipinski definition) is 4. The number of ether oxygens (including phenoxy) is 1. The molecule has 0 atom stereocenters. The average Bonchev–Trinajstić information content (AvgIpc) is 2.38. The molecule has 0 saturated carbocycles. The number of halogens is 1. The van der Waals surface area contributed by atoms with Gasteiger partial charge in [0.05, 0.1) is 23.4 Å². The molecule has 2 rings (SSSR count). The van der Waals surface area contributed by atoms with Crippen molar-refractivity contribution >= 4 is 17.4 Å². The van der Waals surface area contributed by atoms with Crippen LogP contribution in [0.1, 0.15) is 17.3 Å². The molecule has 98 valence electrons. The maximum absolute atomic E-state index is 11.4. The highest BCUT2D eigenvalue weighted by Gasteiger charge is 2.10. The zero-order chi connectivity index (χ0) is 14.0. The van der Waals surface area contributed by atoms with Crippen molar-refractivity contribution < 1.29 is 9.53 Å². The zero-order valence-corrected chi connectivity index (χ0v) is 11.1. The van der Waals surface area contributed by atoms with Crippen molar-refractivity contribution in [3.8, 4) is 17.0 Å². The van der Waals surface area contributed by atoms with Gasteiger partial charge in [0.1, 0.15) is 5.75 Å². The van der Waals surface area contributed by atoms with Gasteiger partial charge in [0, 0.05) is 5.56 Å². The lowest BCUT2D eigenvalue weighted by Crippen LogP contribution is -2.17. The minimum Gasteiger partial charge on any atom is -0.495 e. The molecule has 1 aromatic carbocycles. The highest BCUT2D eigenvalue weighted by atomic mass is 35.5. The van der Waals surface area contributed by atoms with Gasteiger partial charge in [-0.05, 0) is 31.2 Å². The van der Waals surface area contributed by atoms with Crippen LogP contribution in [0.15, 0.2) is 29.1 Å². The van der Waals surface area contributed by atoms with Gasteiger partial charge < -0.3 is 4.74 Å². The maximum Gasteiger partial charge on any atom is 0.275 e. The fourth-order valence-corrected chi connectivity index (χ4v) is 1.90. The highest BCUT2D eigenvalue weighted by molar-refractivity contribution is 6.32. The number of methoxy groups -OCH3 is 1. The summed E-state index contributed by atoms with van der Waals surface area (Å²) >= 11 is 6.02. The van der Waals surface area contributed by atoms with E-state index in [1.807, 2.05) is 0 Å². The van der Waals surface area contributed by atoms with Crippen molar-refractivity contribution in [1.82, 2.24) is 10.2 Å². The minimum absolute atomic E-state index is 0.0666. The molecular weight excluding hydrogens is 268 g/mol. The van der Waals surface area contributed by atoms with Crippen LogP contribution < -0.4 is 10.3 Å². The predicted octanol–water partition coefficient (Wildman–Crippen LogP) is 2.30. The van der Waals surface area contributed by atoms with Crippen LogP contribution in [-0.2, 0) is 0 Å². The first kappa shape index (κ1) is 13.3. The Morgan fingerprint density at radius 3 is 2.68 bits per heavy atom. The number of benzene rings is 1. The summed E-state index contributed by atoms with van der Waals surface area (Å²) in [5, 5.41) is 6.62. The molecule has 0 spiro atoms. The number of carbonyl (C=O) groups excluding carboxylic acids is 1. The van der Waals surface area contributed by atoms with Crippen LogP contribution in [0.5, 0.6) is 5.75 Å². The van der Waals surface area contributed by atoms with E-state index in [-0.39, 0.29) is 11.3 Å². The van der Waals surface area contributed by atoms with Gasteiger partial charge in [-0.1, -0.05) is 11.6 Å². The van der Waals surface area contributed by atoms with Gasteiger partial charge in [0.25, 0.3) is 5.56 Å². The van der Waals surface area contributed by atoms with Crippen molar-refractivity contribution in [3.63, 3.8) is 0 Å². The summed E-state index contributed by atoms with van der Waals surface area (Å²) in [5.74, 6) is 0.228. The molecule has 0 radical (unpaired) electrons. The Bertz CT molecular complexity index is 695. The lowest BCUT2D eigenvalue weighted by Gasteiger charge is -2.06. The van der Waals surface area contributed by atoms with Gasteiger partial charge in [-0.25, -0.2) is 5.10 Å². The van der Waals surface area contributed by atoms with E-state index in [0.717, 1.165) is 0 Å². The van der Waals surface area contributed by atoms with E-state index < -0.39 is 5.56 Å². The SMILES string of the molecule is COc1ccc(-c2cc(C(C)=O)c(=O)[nH]n2)cc1Cl. The summed E-state index contributed by atoms with van der Waals surface area (Å²) in [6.07, 6.45) is 0. The van der Waals surface area contributed by atoms with Gasteiger partial charge in [0.15, 0.2) is 5.78 Å². The lowest BCUT2D eigenvalue weighted by molar-refractivity contribution is 0.101. The van der Waals surface area contributed by atoms with Crippen molar-refractivity contribution in [2.45, 2.75) is 6.92 Å². The summed E-state index contributed by atoms with van der Waals surface area (Å²) in [4.78, 5) is 22.7. The van der Waals surface area contributed by atoms with Gasteiger partial charge >= 0.3 is 0 Å². The average molecular weight is 279 g/mol. The third-order valence-electron chi connectivity index (χ3n) is 2.63. The molecule has 2 aromatic rings. The number of aromatic nitrogens is 2. The summed E-state index contributed by atoms with van der Waals surface area (Å²) in [7, 11) is 1.52. The summed E-state index contributed by atoms with van der Waals surface area (Å²) in [5.41, 5.74) is 0.715. The van der Waals surface area contributed by atoms with Gasteiger partial charge in [0.2, 0.25) is 0 Å². The Morgan fingerprint density at radius 2 is 2.11 bits per heavy atom. The van der Waals surface area contributed by atoms with E-state index in [2.05, 4.69) is 10.2 Å². The second-order valence-corrected chi connectivity index (χ2v) is 4.31. The Hall–Kier alpha value is -2.14. The second-order valence-electron chi connectivity index (χ2n) is 3.90. The quantitative estimate of drug-likeness (QED) is 0.875. The van der Waals surface area contributed by atoms with E-state index in [9.17, 15) is 9.59 Å². The maximum atomic E-state index is 11.4. The summed E-state index contributed by atoms with van der Waals surface area (Å²) in [6.45, 7) is 1.33. The smallest absolute Gasteiger partial charge is 0.275 e. The van der Waals surface area contributed by atoms with Crippen LogP contribution in [0.25, 0.3) is 11.3 Å². The number of aromatic amines is 1. The molecule has 0 bridgehead atoms. The lowest BCUT2D eigenvalue weighted by atomic mass is 10.1. The zero-order valence-electron chi connectivity index (χ0n) is 10.4. The Balaban J connectivity index is 2.53. The molecule has 19 heavy (non-hydrogen) atoms. The normalized spacial score (nSPS) is 10.3. The van der Waals surface area contributed by atoms with E-state index >= 15 is 0 Å². The number of carbonyl (C=O) groups is 1. The third-order valence-corrected chi connectivity index (χ3v) is 2.93. The highest BCUT2D eigenvalue weighted by Crippen LogP contribution is 2.29. The molecule has 6 heteroatoms. The van der Waals surface area contributed by atoms with E-state index in [4.69, 9.17) is 16.3 Å². The summed E-state index contributed by atoms with van der Waals surface area (Å²) in [6, 6.07) is 6.54. The first-order chi connectivity index (χ1) is 9.02. The summed E-state index contributed by atoms with van der Waals surface area (Å²) < 4.78 is 5.05. The van der Waals surface area contributed by atoms with Crippen LogP contribution in [0.4, 0.5) is 0 Å². The van der Waals surface area contributed by atoms with Crippen LogP contribution in [0, 0.1) is 0 Å². The molecule has 0 amide bonds. The molecule has 0 aliphatic carbocycles. The van der Waals surface area contributed by atoms with Crippen LogP contribution >= 0.6 is 11.6 Å². The van der Waals surface area contributed by atoms with E-state index in [1.54, 1.807) is 18.2 Å². The Morgan fingerprint density at radius 1 is 1.37 bits per heavy atom. The van der Waals surface area contributed by atoms with Crippen molar-refractivity contribution in [1.29, 1.82) is 0 Å². The number of nitrogens with zero attached hydrogens (tertiary/aromatic N) is 1. The van der Waals surface area contributed by atoms with Gasteiger partial charge in [-0.3, -0.25) is 9.59 Å². The minimum atomic E-state index is -0.504. The predicted molar refractivity (Wildman–Crippen MR) is 71.9 cm³/mol. The van der Waals surface area contributed by atoms with Gasteiger partial charge in [-0.15, -0.1) is 0 Å². The number of ketones is 1. The van der Waals surface area contributed by atoms with Gasteiger partial charge in [-0.2, -0.15) is 5.10 Å². The number of Topliss-reactive ketones (excluding diaryl/α,β-unsaturated/α-hetero) is 1. The van der Waals surface area contributed by atoms with Crippen molar-refractivity contribution in [2.75, 3.05) is 7.11 Å². The number of H-pyrrole nitrogens is 1. The van der Waals surface area contributed by atoms with E-state index in [0.29, 0.717) is 22.0 Å². The van der Waals surface area contributed by atoms with E-state index in [1.165, 1.54) is 20.1 Å². The molecule has 1 heterocycles. The van der Waals surface area contributed by atoms with Crippen LogP contribution in [-0.4, -0.2) is 23.1 Å². The second kappa shape index (κ2) is 5.24. The Kier molecular flexibility index (Phi) is 3.66. The third kappa shape index (κ3) is 2.66. The molecule has 0 unspecified atom stereocenters. The molecule has 0 aliphatic rings. The molecule has 5 nitrogen and oxygen atoms in total. The molecular formula is C13H11ClN2O3.